The van der Waals surface area contributed by atoms with Gasteiger partial charge in [-0.2, -0.15) is 0 Å². The van der Waals surface area contributed by atoms with Crippen molar-refractivity contribution in [1.82, 2.24) is 5.32 Å². The number of ether oxygens (including phenoxy) is 1. The molecule has 0 aliphatic heterocycles. The molecule has 1 atom stereocenters. The first-order valence-corrected chi connectivity index (χ1v) is 7.88. The van der Waals surface area contributed by atoms with E-state index < -0.39 is 0 Å². The summed E-state index contributed by atoms with van der Waals surface area (Å²) in [5, 5.41) is 3.07. The molecule has 0 radical (unpaired) electrons. The van der Waals surface area contributed by atoms with Crippen molar-refractivity contribution in [2.45, 2.75) is 13.0 Å². The molecule has 0 aromatic heterocycles. The molecule has 0 aliphatic rings. The molecule has 23 heavy (non-hydrogen) atoms. The monoisotopic (exact) mass is 313 g/mol. The zero-order valence-electron chi connectivity index (χ0n) is 14.0. The number of para-hydroxylation sites is 1. The van der Waals surface area contributed by atoms with Gasteiger partial charge in [0.1, 0.15) is 18.3 Å². The molecule has 2 rings (SSSR count). The summed E-state index contributed by atoms with van der Waals surface area (Å²) in [4.78, 5) is 13.5. The van der Waals surface area contributed by atoms with E-state index in [1.54, 1.807) is 0 Å². The summed E-state index contributed by atoms with van der Waals surface area (Å²) in [6, 6.07) is 17.7. The number of carbonyl (C=O) groups is 1. The van der Waals surface area contributed by atoms with Crippen LogP contribution in [0.2, 0.25) is 0 Å². The Bertz CT molecular complexity index is 626. The van der Waals surface area contributed by atoms with Crippen LogP contribution in [0, 0.1) is 6.92 Å². The molecule has 2 N–H and O–H groups in total. The predicted molar refractivity (Wildman–Crippen MR) is 91.7 cm³/mol. The number of likely N-dealkylation sites (N-methyl/N-ethyl adjacent to an activating group) is 1. The first-order valence-electron chi connectivity index (χ1n) is 7.88. The van der Waals surface area contributed by atoms with Crippen LogP contribution in [-0.2, 0) is 4.79 Å². The number of nitrogens with one attached hydrogen (secondary N) is 2. The van der Waals surface area contributed by atoms with Gasteiger partial charge in [0.15, 0.2) is 6.61 Å². The standard InChI is InChI=1S/C19H24N2O2/c1-15-9-7-8-12-18(15)23-14-19(22)20-17(13-21(2)3)16-10-5-4-6-11-16/h4-12,17H,13-14H2,1-3H3,(H,20,22)/p+1/t17-/m0/s1. The van der Waals surface area contributed by atoms with Crippen molar-refractivity contribution in [2.75, 3.05) is 27.2 Å². The number of rotatable bonds is 7. The van der Waals surface area contributed by atoms with Gasteiger partial charge in [-0.3, -0.25) is 4.79 Å². The third kappa shape index (κ3) is 5.42. The predicted octanol–water partition coefficient (Wildman–Crippen LogP) is 1.38. The molecule has 0 spiro atoms. The van der Waals surface area contributed by atoms with E-state index >= 15 is 0 Å². The van der Waals surface area contributed by atoms with Crippen LogP contribution in [0.4, 0.5) is 0 Å². The Morgan fingerprint density at radius 1 is 1.09 bits per heavy atom. The summed E-state index contributed by atoms with van der Waals surface area (Å²) in [6.45, 7) is 2.81. The van der Waals surface area contributed by atoms with E-state index in [0.717, 1.165) is 23.4 Å². The molecule has 2 aromatic rings. The van der Waals surface area contributed by atoms with Crippen LogP contribution in [0.3, 0.4) is 0 Å². The average molecular weight is 313 g/mol. The quantitative estimate of drug-likeness (QED) is 0.811. The SMILES string of the molecule is Cc1ccccc1OCC(=O)N[C@@H](C[NH+](C)C)c1ccccc1. The van der Waals surface area contributed by atoms with Gasteiger partial charge in [-0.1, -0.05) is 48.5 Å². The smallest absolute Gasteiger partial charge is 0.258 e. The van der Waals surface area contributed by atoms with E-state index in [1.807, 2.05) is 61.5 Å². The van der Waals surface area contributed by atoms with Crippen molar-refractivity contribution < 1.29 is 14.4 Å². The lowest BCUT2D eigenvalue weighted by Crippen LogP contribution is -3.06. The first-order chi connectivity index (χ1) is 11.1. The minimum atomic E-state index is -0.108. The number of amides is 1. The van der Waals surface area contributed by atoms with Gasteiger partial charge in [0, 0.05) is 0 Å². The summed E-state index contributed by atoms with van der Waals surface area (Å²) >= 11 is 0. The second-order valence-electron chi connectivity index (χ2n) is 6.00. The van der Waals surface area contributed by atoms with Gasteiger partial charge in [-0.25, -0.2) is 0 Å². The van der Waals surface area contributed by atoms with Gasteiger partial charge in [0.2, 0.25) is 0 Å². The molecule has 1 amide bonds. The summed E-state index contributed by atoms with van der Waals surface area (Å²) in [5.41, 5.74) is 2.13. The lowest BCUT2D eigenvalue weighted by Gasteiger charge is -2.21. The molecule has 0 bridgehead atoms. The van der Waals surface area contributed by atoms with Crippen molar-refractivity contribution >= 4 is 5.91 Å². The van der Waals surface area contributed by atoms with Crippen LogP contribution in [0.15, 0.2) is 54.6 Å². The maximum absolute atomic E-state index is 12.2. The number of hydrogen-bond donors (Lipinski definition) is 2. The highest BCUT2D eigenvalue weighted by molar-refractivity contribution is 5.78. The number of hydrogen-bond acceptors (Lipinski definition) is 2. The minimum Gasteiger partial charge on any atom is -0.484 e. The van der Waals surface area contributed by atoms with Gasteiger partial charge in [0.25, 0.3) is 5.91 Å². The number of quaternary nitrogens is 1. The third-order valence-corrected chi connectivity index (χ3v) is 3.60. The molecule has 0 heterocycles. The highest BCUT2D eigenvalue weighted by Gasteiger charge is 2.17. The van der Waals surface area contributed by atoms with Crippen molar-refractivity contribution in [2.24, 2.45) is 0 Å². The fourth-order valence-corrected chi connectivity index (χ4v) is 2.44. The van der Waals surface area contributed by atoms with Gasteiger partial charge in [-0.05, 0) is 24.1 Å². The highest BCUT2D eigenvalue weighted by atomic mass is 16.5. The van der Waals surface area contributed by atoms with Crippen LogP contribution >= 0.6 is 0 Å². The van der Waals surface area contributed by atoms with E-state index in [9.17, 15) is 4.79 Å². The van der Waals surface area contributed by atoms with E-state index in [1.165, 1.54) is 4.90 Å². The molecule has 0 unspecified atom stereocenters. The Morgan fingerprint density at radius 2 is 1.74 bits per heavy atom. The molecule has 122 valence electrons. The molecule has 4 nitrogen and oxygen atoms in total. The average Bonchev–Trinajstić information content (AvgIpc) is 2.54. The molecular weight excluding hydrogens is 288 g/mol. The van der Waals surface area contributed by atoms with Crippen LogP contribution in [-0.4, -0.2) is 33.2 Å². The second kappa shape index (κ2) is 8.34. The molecule has 0 fully saturated rings. The molecular formula is C19H25N2O2+. The van der Waals surface area contributed by atoms with Gasteiger partial charge in [0.05, 0.1) is 14.1 Å². The van der Waals surface area contributed by atoms with Crippen LogP contribution in [0.5, 0.6) is 5.75 Å². The summed E-state index contributed by atoms with van der Waals surface area (Å²) in [5.74, 6) is 0.639. The summed E-state index contributed by atoms with van der Waals surface area (Å²) < 4.78 is 5.62. The molecule has 0 saturated carbocycles. The molecule has 0 saturated heterocycles. The third-order valence-electron chi connectivity index (χ3n) is 3.60. The lowest BCUT2D eigenvalue weighted by molar-refractivity contribution is -0.860. The largest absolute Gasteiger partial charge is 0.484 e. The fourth-order valence-electron chi connectivity index (χ4n) is 2.44. The topological polar surface area (TPSA) is 42.8 Å². The van der Waals surface area contributed by atoms with Gasteiger partial charge >= 0.3 is 0 Å². The fraction of sp³-hybridized carbons (Fsp3) is 0.316. The normalized spacial score (nSPS) is 12.0. The van der Waals surface area contributed by atoms with Crippen molar-refractivity contribution in [1.29, 1.82) is 0 Å². The second-order valence-corrected chi connectivity index (χ2v) is 6.00. The number of benzene rings is 2. The van der Waals surface area contributed by atoms with E-state index in [-0.39, 0.29) is 18.6 Å². The Balaban J connectivity index is 1.96. The Labute approximate surface area is 138 Å². The zero-order valence-corrected chi connectivity index (χ0v) is 14.0. The molecule has 0 aliphatic carbocycles. The van der Waals surface area contributed by atoms with Crippen LogP contribution in [0.25, 0.3) is 0 Å². The minimum absolute atomic E-state index is 0.0193. The van der Waals surface area contributed by atoms with Crippen molar-refractivity contribution in [3.8, 4) is 5.75 Å². The van der Waals surface area contributed by atoms with Crippen LogP contribution < -0.4 is 15.0 Å². The Kier molecular flexibility index (Phi) is 6.18. The summed E-state index contributed by atoms with van der Waals surface area (Å²) in [7, 11) is 4.15. The van der Waals surface area contributed by atoms with Crippen molar-refractivity contribution in [3.05, 3.63) is 65.7 Å². The van der Waals surface area contributed by atoms with E-state index in [0.29, 0.717) is 0 Å². The molecule has 4 heteroatoms. The van der Waals surface area contributed by atoms with E-state index in [4.69, 9.17) is 4.74 Å². The maximum atomic E-state index is 12.2. The lowest BCUT2D eigenvalue weighted by atomic mass is 10.1. The zero-order chi connectivity index (χ0) is 16.7. The maximum Gasteiger partial charge on any atom is 0.258 e. The highest BCUT2D eigenvalue weighted by Crippen LogP contribution is 2.16. The van der Waals surface area contributed by atoms with Gasteiger partial charge < -0.3 is 15.0 Å². The van der Waals surface area contributed by atoms with Gasteiger partial charge in [-0.15, -0.1) is 0 Å². The number of aryl methyl sites for hydroxylation is 1. The van der Waals surface area contributed by atoms with E-state index in [2.05, 4.69) is 19.4 Å². The summed E-state index contributed by atoms with van der Waals surface area (Å²) in [6.07, 6.45) is 0. The Morgan fingerprint density at radius 3 is 2.39 bits per heavy atom. The number of carbonyl (C=O) groups excluding carboxylic acids is 1. The van der Waals surface area contributed by atoms with Crippen molar-refractivity contribution in [3.63, 3.8) is 0 Å². The molecule has 2 aromatic carbocycles. The first kappa shape index (κ1) is 17.0. The van der Waals surface area contributed by atoms with Crippen LogP contribution in [0.1, 0.15) is 17.2 Å². The Hall–Kier alpha value is -2.33.